The van der Waals surface area contributed by atoms with Crippen LogP contribution in [0.3, 0.4) is 0 Å². The highest BCUT2D eigenvalue weighted by Gasteiger charge is 2.08. The molecule has 0 bridgehead atoms. The molecule has 0 atom stereocenters. The molecule has 0 aliphatic heterocycles. The fraction of sp³-hybridized carbons (Fsp3) is 0. The van der Waals surface area contributed by atoms with Crippen LogP contribution in [0.15, 0.2) is 47.6 Å². The molecule has 0 fully saturated rings. The molecular weight excluding hydrogens is 373 g/mol. The van der Waals surface area contributed by atoms with Crippen molar-refractivity contribution in [1.82, 2.24) is 0 Å². The zero-order chi connectivity index (χ0) is 14.5. The van der Waals surface area contributed by atoms with Crippen LogP contribution in [0.25, 0.3) is 0 Å². The maximum atomic E-state index is 10.7. The van der Waals surface area contributed by atoms with Crippen molar-refractivity contribution < 1.29 is 10.0 Å². The van der Waals surface area contributed by atoms with Gasteiger partial charge in [-0.3, -0.25) is 15.5 Å². The summed E-state index contributed by atoms with van der Waals surface area (Å²) in [6.07, 6.45) is 1.34. The summed E-state index contributed by atoms with van der Waals surface area (Å²) in [4.78, 5) is 10.1. The molecule has 2 N–H and O–H groups in total. The van der Waals surface area contributed by atoms with Gasteiger partial charge in [0.15, 0.2) is 0 Å². The van der Waals surface area contributed by atoms with E-state index in [0.717, 1.165) is 9.26 Å². The molecule has 0 amide bonds. The molecule has 0 aliphatic carbocycles. The van der Waals surface area contributed by atoms with Gasteiger partial charge in [0, 0.05) is 21.3 Å². The smallest absolute Gasteiger partial charge is 0.270 e. The summed E-state index contributed by atoms with van der Waals surface area (Å²) >= 11 is 2.16. The van der Waals surface area contributed by atoms with Crippen LogP contribution >= 0.6 is 22.6 Å². The lowest BCUT2D eigenvalue weighted by atomic mass is 10.2. The van der Waals surface area contributed by atoms with Gasteiger partial charge in [0.2, 0.25) is 0 Å². The van der Waals surface area contributed by atoms with Gasteiger partial charge in [-0.2, -0.15) is 5.10 Å². The summed E-state index contributed by atoms with van der Waals surface area (Å²) in [7, 11) is 0. The first-order valence-corrected chi connectivity index (χ1v) is 6.67. The molecule has 0 saturated carbocycles. The third-order valence-electron chi connectivity index (χ3n) is 2.48. The number of nitro benzene ring substituents is 1. The lowest BCUT2D eigenvalue weighted by Crippen LogP contribution is -1.94. The predicted molar refractivity (Wildman–Crippen MR) is 85.1 cm³/mol. The lowest BCUT2D eigenvalue weighted by molar-refractivity contribution is -0.384. The summed E-state index contributed by atoms with van der Waals surface area (Å²) in [5.74, 6) is -0.0658. The Balaban J connectivity index is 2.17. The van der Waals surface area contributed by atoms with Gasteiger partial charge < -0.3 is 5.11 Å². The van der Waals surface area contributed by atoms with Crippen molar-refractivity contribution in [3.63, 3.8) is 0 Å². The highest BCUT2D eigenvalue weighted by Crippen LogP contribution is 2.21. The number of anilines is 1. The first-order valence-electron chi connectivity index (χ1n) is 5.59. The quantitative estimate of drug-likeness (QED) is 0.367. The Kier molecular flexibility index (Phi) is 4.51. The van der Waals surface area contributed by atoms with E-state index in [1.807, 2.05) is 24.3 Å². The number of aromatic hydroxyl groups is 1. The zero-order valence-corrected chi connectivity index (χ0v) is 12.3. The van der Waals surface area contributed by atoms with Crippen LogP contribution in [0, 0.1) is 13.7 Å². The fourth-order valence-corrected chi connectivity index (χ4v) is 1.99. The van der Waals surface area contributed by atoms with Crippen LogP contribution in [0.5, 0.6) is 5.75 Å². The summed E-state index contributed by atoms with van der Waals surface area (Å²) in [6, 6.07) is 11.3. The molecular formula is C13H10IN3O3. The van der Waals surface area contributed by atoms with Crippen LogP contribution in [0.2, 0.25) is 0 Å². The Labute approximate surface area is 128 Å². The average molecular weight is 383 g/mol. The molecule has 0 heterocycles. The van der Waals surface area contributed by atoms with Gasteiger partial charge in [-0.15, -0.1) is 0 Å². The molecule has 6 nitrogen and oxygen atoms in total. The van der Waals surface area contributed by atoms with Crippen molar-refractivity contribution in [1.29, 1.82) is 0 Å². The van der Waals surface area contributed by atoms with Crippen LogP contribution in [-0.4, -0.2) is 16.2 Å². The van der Waals surface area contributed by atoms with Gasteiger partial charge in [0.25, 0.3) is 5.69 Å². The van der Waals surface area contributed by atoms with Crippen molar-refractivity contribution in [2.45, 2.75) is 0 Å². The third-order valence-corrected chi connectivity index (χ3v) is 3.43. The molecule has 7 heteroatoms. The number of halogens is 1. The first-order chi connectivity index (χ1) is 9.58. The van der Waals surface area contributed by atoms with Gasteiger partial charge in [-0.05, 0) is 40.8 Å². The molecule has 0 saturated heterocycles. The van der Waals surface area contributed by atoms with E-state index in [-0.39, 0.29) is 17.0 Å². The molecule has 0 unspecified atom stereocenters. The number of non-ortho nitro benzene ring substituents is 1. The third kappa shape index (κ3) is 3.44. The van der Waals surface area contributed by atoms with E-state index in [4.69, 9.17) is 0 Å². The van der Waals surface area contributed by atoms with E-state index in [2.05, 4.69) is 33.1 Å². The Morgan fingerprint density at radius 1 is 1.30 bits per heavy atom. The number of rotatable bonds is 4. The number of phenols is 1. The number of hydrogen-bond acceptors (Lipinski definition) is 5. The minimum Gasteiger partial charge on any atom is -0.507 e. The van der Waals surface area contributed by atoms with E-state index in [9.17, 15) is 15.2 Å². The topological polar surface area (TPSA) is 87.8 Å². The minimum atomic E-state index is -0.523. The molecule has 102 valence electrons. The SMILES string of the molecule is O=[N+]([O-])c1ccc(O)c(C=NNc2ccccc2I)c1. The number of benzene rings is 2. The van der Waals surface area contributed by atoms with Crippen molar-refractivity contribution in [3.8, 4) is 5.75 Å². The van der Waals surface area contributed by atoms with E-state index in [1.165, 1.54) is 24.4 Å². The number of nitrogens with one attached hydrogen (secondary N) is 1. The summed E-state index contributed by atoms with van der Waals surface area (Å²) in [5, 5.41) is 24.3. The van der Waals surface area contributed by atoms with E-state index < -0.39 is 4.92 Å². The van der Waals surface area contributed by atoms with Crippen LogP contribution in [-0.2, 0) is 0 Å². The molecule has 0 radical (unpaired) electrons. The van der Waals surface area contributed by atoms with Crippen molar-refractivity contribution in [2.24, 2.45) is 5.10 Å². The van der Waals surface area contributed by atoms with Gasteiger partial charge >= 0.3 is 0 Å². The number of phenolic OH excluding ortho intramolecular Hbond substituents is 1. The van der Waals surface area contributed by atoms with Gasteiger partial charge in [0.05, 0.1) is 16.8 Å². The Bertz CT molecular complexity index is 674. The Morgan fingerprint density at radius 2 is 2.05 bits per heavy atom. The summed E-state index contributed by atoms with van der Waals surface area (Å²) < 4.78 is 0.991. The maximum Gasteiger partial charge on any atom is 0.270 e. The van der Waals surface area contributed by atoms with E-state index in [0.29, 0.717) is 0 Å². The van der Waals surface area contributed by atoms with Crippen LogP contribution in [0.1, 0.15) is 5.56 Å². The average Bonchev–Trinajstić information content (AvgIpc) is 2.42. The van der Waals surface area contributed by atoms with E-state index in [1.54, 1.807) is 0 Å². The number of nitrogens with zero attached hydrogens (tertiary/aromatic N) is 2. The van der Waals surface area contributed by atoms with Crippen LogP contribution < -0.4 is 5.43 Å². The standard InChI is InChI=1S/C13H10IN3O3/c14-11-3-1-2-4-12(11)16-15-8-9-7-10(17(19)20)5-6-13(9)18/h1-8,16,18H. The number of hydrogen-bond donors (Lipinski definition) is 2. The molecule has 0 aliphatic rings. The lowest BCUT2D eigenvalue weighted by Gasteiger charge is -2.03. The minimum absolute atomic E-state index is 0.0658. The van der Waals surface area contributed by atoms with Gasteiger partial charge in [-0.1, -0.05) is 12.1 Å². The molecule has 2 rings (SSSR count). The number of hydrazone groups is 1. The Hall–Kier alpha value is -2.16. The zero-order valence-electron chi connectivity index (χ0n) is 10.2. The number of nitro groups is 1. The second-order valence-corrected chi connectivity index (χ2v) is 5.01. The highest BCUT2D eigenvalue weighted by molar-refractivity contribution is 14.1. The normalized spacial score (nSPS) is 10.7. The summed E-state index contributed by atoms with van der Waals surface area (Å²) in [6.45, 7) is 0. The van der Waals surface area contributed by atoms with Gasteiger partial charge in [-0.25, -0.2) is 0 Å². The predicted octanol–water partition coefficient (Wildman–Crippen LogP) is 3.35. The van der Waals surface area contributed by atoms with Crippen molar-refractivity contribution >= 4 is 40.2 Å². The van der Waals surface area contributed by atoms with Crippen molar-refractivity contribution in [3.05, 3.63) is 61.7 Å². The maximum absolute atomic E-state index is 10.7. The molecule has 0 spiro atoms. The molecule has 0 aromatic heterocycles. The van der Waals surface area contributed by atoms with Crippen molar-refractivity contribution in [2.75, 3.05) is 5.43 Å². The second kappa shape index (κ2) is 6.33. The molecule has 2 aromatic rings. The summed E-state index contributed by atoms with van der Waals surface area (Å²) in [5.41, 5.74) is 3.81. The second-order valence-electron chi connectivity index (χ2n) is 3.85. The Morgan fingerprint density at radius 3 is 2.75 bits per heavy atom. The monoisotopic (exact) mass is 383 g/mol. The highest BCUT2D eigenvalue weighted by atomic mass is 127. The fourth-order valence-electron chi connectivity index (χ4n) is 1.48. The van der Waals surface area contributed by atoms with E-state index >= 15 is 0 Å². The molecule has 20 heavy (non-hydrogen) atoms. The molecule has 2 aromatic carbocycles. The largest absolute Gasteiger partial charge is 0.507 e. The van der Waals surface area contributed by atoms with Gasteiger partial charge in [0.1, 0.15) is 5.75 Å². The number of para-hydroxylation sites is 1. The van der Waals surface area contributed by atoms with Crippen LogP contribution in [0.4, 0.5) is 11.4 Å². The first kappa shape index (κ1) is 14.3.